The van der Waals surface area contributed by atoms with Crippen LogP contribution in [0, 0.1) is 13.8 Å². The van der Waals surface area contributed by atoms with Crippen molar-refractivity contribution in [2.75, 3.05) is 0 Å². The quantitative estimate of drug-likeness (QED) is 0.250. The van der Waals surface area contributed by atoms with Crippen LogP contribution in [0.4, 0.5) is 0 Å². The molecule has 0 bridgehead atoms. The zero-order chi connectivity index (χ0) is 22.2. The lowest BCUT2D eigenvalue weighted by molar-refractivity contribution is 0.793. The van der Waals surface area contributed by atoms with Crippen molar-refractivity contribution in [3.05, 3.63) is 143 Å². The van der Waals surface area contributed by atoms with Crippen LogP contribution in [-0.4, -0.2) is 0 Å². The fourth-order valence-corrected chi connectivity index (χ4v) is 6.53. The van der Waals surface area contributed by atoms with Crippen molar-refractivity contribution in [3.63, 3.8) is 0 Å². The first-order valence-electron chi connectivity index (χ1n) is 11.7. The molecule has 2 aliphatic rings. The second kappa shape index (κ2) is 6.56. The van der Waals surface area contributed by atoms with Crippen LogP contribution in [0.5, 0.6) is 0 Å². The van der Waals surface area contributed by atoms with Crippen molar-refractivity contribution in [1.82, 2.24) is 0 Å². The Balaban J connectivity index is 1.64. The van der Waals surface area contributed by atoms with Crippen molar-refractivity contribution < 1.29 is 0 Å². The molecule has 33 heavy (non-hydrogen) atoms. The minimum Gasteiger partial charge on any atom is -0.0620 e. The lowest BCUT2D eigenvalue weighted by Crippen LogP contribution is -2.25. The fraction of sp³-hybridized carbons (Fsp3) is 0.0909. The minimum atomic E-state index is -0.256. The summed E-state index contributed by atoms with van der Waals surface area (Å²) in [6.45, 7) is 4.52. The Labute approximate surface area is 195 Å². The standard InChI is InChI=1S/C33H24/c1-21-11-3-4-12-23(21)24-19-20-31-32(22(24)2)27-15-7-10-18-30(27)33(31)28-16-8-5-13-25(28)26-14-6-9-17-29(26)33/h3-20H,1-2H3. The monoisotopic (exact) mass is 420 g/mol. The highest BCUT2D eigenvalue weighted by Crippen LogP contribution is 2.63. The maximum atomic E-state index is 2.41. The number of hydrogen-bond donors (Lipinski definition) is 0. The van der Waals surface area contributed by atoms with Crippen molar-refractivity contribution in [2.24, 2.45) is 0 Å². The van der Waals surface area contributed by atoms with Crippen LogP contribution >= 0.6 is 0 Å². The molecule has 1 spiro atoms. The molecule has 0 nitrogen and oxygen atoms in total. The second-order valence-electron chi connectivity index (χ2n) is 9.36. The van der Waals surface area contributed by atoms with E-state index in [9.17, 15) is 0 Å². The summed E-state index contributed by atoms with van der Waals surface area (Å²) >= 11 is 0. The van der Waals surface area contributed by atoms with Crippen molar-refractivity contribution >= 4 is 0 Å². The molecule has 0 amide bonds. The molecule has 0 aliphatic heterocycles. The Bertz CT molecular complexity index is 1540. The highest BCUT2D eigenvalue weighted by molar-refractivity contribution is 5.97. The van der Waals surface area contributed by atoms with Crippen LogP contribution in [0.1, 0.15) is 33.4 Å². The van der Waals surface area contributed by atoms with Crippen LogP contribution < -0.4 is 0 Å². The van der Waals surface area contributed by atoms with Crippen molar-refractivity contribution in [3.8, 4) is 33.4 Å². The van der Waals surface area contributed by atoms with Gasteiger partial charge in [-0.15, -0.1) is 0 Å². The summed E-state index contributed by atoms with van der Waals surface area (Å²) in [5.41, 5.74) is 16.2. The van der Waals surface area contributed by atoms with E-state index in [1.165, 1.54) is 66.8 Å². The lowest BCUT2D eigenvalue weighted by Gasteiger charge is -2.30. The van der Waals surface area contributed by atoms with Crippen molar-refractivity contribution in [1.29, 1.82) is 0 Å². The SMILES string of the molecule is Cc1ccccc1-c1ccc2c(c1C)-c1ccccc1C21c2ccccc2-c2ccccc21. The summed E-state index contributed by atoms with van der Waals surface area (Å²) in [4.78, 5) is 0. The van der Waals surface area contributed by atoms with E-state index in [1.807, 2.05) is 0 Å². The molecule has 0 heterocycles. The first-order valence-corrected chi connectivity index (χ1v) is 11.7. The Morgan fingerprint density at radius 3 is 1.48 bits per heavy atom. The molecule has 2 aliphatic carbocycles. The van der Waals surface area contributed by atoms with E-state index in [0.29, 0.717) is 0 Å². The normalized spacial score (nSPS) is 14.0. The molecule has 0 saturated heterocycles. The first kappa shape index (κ1) is 18.7. The fourth-order valence-electron chi connectivity index (χ4n) is 6.53. The summed E-state index contributed by atoms with van der Waals surface area (Å²) in [6.07, 6.45) is 0. The average molecular weight is 421 g/mol. The van der Waals surface area contributed by atoms with Crippen LogP contribution in [0.2, 0.25) is 0 Å². The van der Waals surface area contributed by atoms with Gasteiger partial charge in [-0.1, -0.05) is 109 Å². The third-order valence-electron chi connectivity index (χ3n) is 7.86. The molecule has 0 heteroatoms. The third-order valence-corrected chi connectivity index (χ3v) is 7.86. The lowest BCUT2D eigenvalue weighted by atomic mass is 9.70. The topological polar surface area (TPSA) is 0 Å². The van der Waals surface area contributed by atoms with E-state index >= 15 is 0 Å². The Kier molecular flexibility index (Phi) is 3.71. The van der Waals surface area contributed by atoms with Gasteiger partial charge in [0, 0.05) is 0 Å². The molecule has 0 saturated carbocycles. The van der Waals surface area contributed by atoms with Crippen molar-refractivity contribution in [2.45, 2.75) is 19.3 Å². The molecule has 5 aromatic rings. The Morgan fingerprint density at radius 2 is 0.879 bits per heavy atom. The molecule has 7 rings (SSSR count). The van der Waals surface area contributed by atoms with Crippen LogP contribution in [-0.2, 0) is 5.41 Å². The van der Waals surface area contributed by atoms with Crippen LogP contribution in [0.15, 0.2) is 109 Å². The van der Waals surface area contributed by atoms with Gasteiger partial charge in [0.25, 0.3) is 0 Å². The van der Waals surface area contributed by atoms with E-state index in [-0.39, 0.29) is 5.41 Å². The third kappa shape index (κ3) is 2.21. The Morgan fingerprint density at radius 1 is 0.394 bits per heavy atom. The zero-order valence-electron chi connectivity index (χ0n) is 18.9. The maximum absolute atomic E-state index is 2.41. The number of rotatable bonds is 1. The molecule has 0 unspecified atom stereocenters. The largest absolute Gasteiger partial charge is 0.0725 e. The molecular formula is C33H24. The highest BCUT2D eigenvalue weighted by Gasteiger charge is 2.51. The predicted octanol–water partition coefficient (Wildman–Crippen LogP) is 8.31. The first-order chi connectivity index (χ1) is 16.2. The second-order valence-corrected chi connectivity index (χ2v) is 9.36. The summed E-state index contributed by atoms with van der Waals surface area (Å²) in [7, 11) is 0. The van der Waals surface area contributed by atoms with E-state index in [1.54, 1.807) is 0 Å². The smallest absolute Gasteiger partial charge is 0.0620 e. The van der Waals surface area contributed by atoms with E-state index < -0.39 is 0 Å². The predicted molar refractivity (Wildman–Crippen MR) is 138 cm³/mol. The van der Waals surface area contributed by atoms with E-state index in [2.05, 4.69) is 123 Å². The maximum Gasteiger partial charge on any atom is 0.0725 e. The molecule has 156 valence electrons. The summed E-state index contributed by atoms with van der Waals surface area (Å²) < 4.78 is 0. The van der Waals surface area contributed by atoms with Gasteiger partial charge >= 0.3 is 0 Å². The average Bonchev–Trinajstić information content (AvgIpc) is 3.33. The van der Waals surface area contributed by atoms with Gasteiger partial charge in [0.15, 0.2) is 0 Å². The Hall–Kier alpha value is -3.90. The molecule has 0 N–H and O–H groups in total. The summed E-state index contributed by atoms with van der Waals surface area (Å²) in [6, 6.07) is 40.5. The number of benzene rings is 5. The molecular weight excluding hydrogens is 396 g/mol. The van der Waals surface area contributed by atoms with Gasteiger partial charge in [0.1, 0.15) is 0 Å². The van der Waals surface area contributed by atoms with Gasteiger partial charge in [-0.25, -0.2) is 0 Å². The molecule has 5 aromatic carbocycles. The van der Waals surface area contributed by atoms with E-state index in [0.717, 1.165) is 0 Å². The van der Waals surface area contributed by atoms with Gasteiger partial charge in [0.2, 0.25) is 0 Å². The highest BCUT2D eigenvalue weighted by atomic mass is 14.5. The zero-order valence-corrected chi connectivity index (χ0v) is 18.9. The number of aryl methyl sites for hydroxylation is 1. The van der Waals surface area contributed by atoms with E-state index in [4.69, 9.17) is 0 Å². The van der Waals surface area contributed by atoms with Gasteiger partial charge < -0.3 is 0 Å². The molecule has 0 fully saturated rings. The van der Waals surface area contributed by atoms with Gasteiger partial charge in [-0.05, 0) is 80.6 Å². The van der Waals surface area contributed by atoms with Gasteiger partial charge in [-0.2, -0.15) is 0 Å². The van der Waals surface area contributed by atoms with Gasteiger partial charge in [0.05, 0.1) is 5.41 Å². The minimum absolute atomic E-state index is 0.256. The molecule has 0 radical (unpaired) electrons. The van der Waals surface area contributed by atoms with Crippen LogP contribution in [0.3, 0.4) is 0 Å². The van der Waals surface area contributed by atoms with Gasteiger partial charge in [-0.3, -0.25) is 0 Å². The van der Waals surface area contributed by atoms with Crippen LogP contribution in [0.25, 0.3) is 33.4 Å². The summed E-state index contributed by atoms with van der Waals surface area (Å²) in [5, 5.41) is 0. The number of hydrogen-bond acceptors (Lipinski definition) is 0. The molecule has 0 aromatic heterocycles. The number of fused-ring (bicyclic) bond motifs is 10. The summed E-state index contributed by atoms with van der Waals surface area (Å²) in [5.74, 6) is 0. The molecule has 0 atom stereocenters.